The van der Waals surface area contributed by atoms with Crippen LogP contribution in [0.15, 0.2) is 35.3 Å². The lowest BCUT2D eigenvalue weighted by atomic mass is 10.2. The number of carbonyl (C=O) groups excluding carboxylic acids is 1. The zero-order valence-electron chi connectivity index (χ0n) is 9.82. The highest BCUT2D eigenvalue weighted by molar-refractivity contribution is 9.10. The molecular formula is C12H12BrClN2O3. The second-order valence-electron chi connectivity index (χ2n) is 3.64. The largest absolute Gasteiger partial charge is 0.480 e. The Morgan fingerprint density at radius 1 is 1.53 bits per heavy atom. The van der Waals surface area contributed by atoms with Gasteiger partial charge in [-0.05, 0) is 40.5 Å². The number of hydrogen-bond acceptors (Lipinski definition) is 2. The fourth-order valence-corrected chi connectivity index (χ4v) is 1.78. The molecule has 0 fully saturated rings. The normalized spacial score (nSPS) is 11.5. The second kappa shape index (κ2) is 7.16. The molecule has 102 valence electrons. The molecule has 1 aromatic rings. The zero-order valence-corrected chi connectivity index (χ0v) is 12.2. The summed E-state index contributed by atoms with van der Waals surface area (Å²) < 4.78 is 0.632. The third kappa shape index (κ3) is 4.92. The summed E-state index contributed by atoms with van der Waals surface area (Å²) in [4.78, 5) is 22.5. The van der Waals surface area contributed by atoms with Gasteiger partial charge in [0.15, 0.2) is 0 Å². The first-order valence-electron chi connectivity index (χ1n) is 5.30. The quantitative estimate of drug-likeness (QED) is 0.715. The third-order valence-corrected chi connectivity index (χ3v) is 3.40. The SMILES string of the molecule is C=CCC(NC(=O)Nc1ccc(Cl)c(Br)c1)C(=O)O. The molecule has 0 aliphatic rings. The first-order valence-corrected chi connectivity index (χ1v) is 6.47. The Bertz CT molecular complexity index is 508. The van der Waals surface area contributed by atoms with Gasteiger partial charge in [0, 0.05) is 10.2 Å². The van der Waals surface area contributed by atoms with Gasteiger partial charge in [0.25, 0.3) is 0 Å². The van der Waals surface area contributed by atoms with Crippen LogP contribution in [-0.2, 0) is 4.79 Å². The minimum Gasteiger partial charge on any atom is -0.480 e. The zero-order chi connectivity index (χ0) is 14.4. The minimum atomic E-state index is -1.12. The molecule has 3 N–H and O–H groups in total. The molecule has 1 unspecified atom stereocenters. The Labute approximate surface area is 123 Å². The monoisotopic (exact) mass is 346 g/mol. The minimum absolute atomic E-state index is 0.146. The summed E-state index contributed by atoms with van der Waals surface area (Å²) in [6.45, 7) is 3.44. The number of halogens is 2. The lowest BCUT2D eigenvalue weighted by Gasteiger charge is -2.13. The van der Waals surface area contributed by atoms with Crippen LogP contribution in [0.1, 0.15) is 6.42 Å². The summed E-state index contributed by atoms with van der Waals surface area (Å²) in [5, 5.41) is 14.2. The number of hydrogen-bond donors (Lipinski definition) is 3. The van der Waals surface area contributed by atoms with Crippen molar-refractivity contribution in [3.05, 3.63) is 40.3 Å². The van der Waals surface area contributed by atoms with Gasteiger partial charge in [-0.3, -0.25) is 0 Å². The van der Waals surface area contributed by atoms with Crippen LogP contribution in [0, 0.1) is 0 Å². The van der Waals surface area contributed by atoms with E-state index in [0.29, 0.717) is 15.2 Å². The van der Waals surface area contributed by atoms with Crippen molar-refractivity contribution < 1.29 is 14.7 Å². The van der Waals surface area contributed by atoms with Crippen LogP contribution in [0.4, 0.5) is 10.5 Å². The second-order valence-corrected chi connectivity index (χ2v) is 4.90. The molecule has 0 spiro atoms. The standard InChI is InChI=1S/C12H12BrClN2O3/c1-2-3-10(11(17)18)16-12(19)15-7-4-5-9(14)8(13)6-7/h2,4-6,10H,1,3H2,(H,17,18)(H2,15,16,19). The average molecular weight is 348 g/mol. The van der Waals surface area contributed by atoms with Crippen LogP contribution in [0.5, 0.6) is 0 Å². The molecule has 5 nitrogen and oxygen atoms in total. The van der Waals surface area contributed by atoms with E-state index in [-0.39, 0.29) is 6.42 Å². The molecule has 0 aliphatic carbocycles. The fourth-order valence-electron chi connectivity index (χ4n) is 1.29. The highest BCUT2D eigenvalue weighted by atomic mass is 79.9. The summed E-state index contributed by atoms with van der Waals surface area (Å²) in [6.07, 6.45) is 1.57. The number of urea groups is 1. The first-order chi connectivity index (χ1) is 8.93. The van der Waals surface area contributed by atoms with E-state index >= 15 is 0 Å². The molecule has 0 saturated carbocycles. The Morgan fingerprint density at radius 3 is 2.74 bits per heavy atom. The van der Waals surface area contributed by atoms with Gasteiger partial charge in [0.05, 0.1) is 5.02 Å². The molecule has 19 heavy (non-hydrogen) atoms. The van der Waals surface area contributed by atoms with Gasteiger partial charge in [-0.2, -0.15) is 0 Å². The number of carboxylic acids is 1. The van der Waals surface area contributed by atoms with Crippen molar-refractivity contribution >= 4 is 45.2 Å². The van der Waals surface area contributed by atoms with E-state index in [1.165, 1.54) is 6.08 Å². The molecule has 0 aromatic heterocycles. The lowest BCUT2D eigenvalue weighted by Crippen LogP contribution is -2.42. The van der Waals surface area contributed by atoms with E-state index in [9.17, 15) is 9.59 Å². The van der Waals surface area contributed by atoms with Gasteiger partial charge in [-0.1, -0.05) is 17.7 Å². The van der Waals surface area contributed by atoms with E-state index in [4.69, 9.17) is 16.7 Å². The number of nitrogens with one attached hydrogen (secondary N) is 2. The van der Waals surface area contributed by atoms with Crippen molar-refractivity contribution in [2.75, 3.05) is 5.32 Å². The van der Waals surface area contributed by atoms with Gasteiger partial charge < -0.3 is 15.7 Å². The van der Waals surface area contributed by atoms with Gasteiger partial charge in [0.2, 0.25) is 0 Å². The van der Waals surface area contributed by atoms with E-state index < -0.39 is 18.0 Å². The predicted octanol–water partition coefficient (Wildman–Crippen LogP) is 3.25. The van der Waals surface area contributed by atoms with Crippen LogP contribution in [0.2, 0.25) is 5.02 Å². The van der Waals surface area contributed by atoms with Crippen LogP contribution >= 0.6 is 27.5 Å². The number of amides is 2. The van der Waals surface area contributed by atoms with E-state index in [1.807, 2.05) is 0 Å². The van der Waals surface area contributed by atoms with E-state index in [1.54, 1.807) is 18.2 Å². The van der Waals surface area contributed by atoms with Crippen LogP contribution in [-0.4, -0.2) is 23.1 Å². The Hall–Kier alpha value is -1.53. The van der Waals surface area contributed by atoms with Crippen LogP contribution in [0.25, 0.3) is 0 Å². The molecule has 2 amide bonds. The van der Waals surface area contributed by atoms with Gasteiger partial charge >= 0.3 is 12.0 Å². The van der Waals surface area contributed by atoms with Crippen molar-refractivity contribution in [3.8, 4) is 0 Å². The topological polar surface area (TPSA) is 78.4 Å². The lowest BCUT2D eigenvalue weighted by molar-refractivity contribution is -0.139. The molecule has 0 heterocycles. The number of carbonyl (C=O) groups is 2. The molecule has 0 saturated heterocycles. The van der Waals surface area contributed by atoms with Crippen LogP contribution in [0.3, 0.4) is 0 Å². The number of carboxylic acid groups (broad SMARTS) is 1. The maximum absolute atomic E-state index is 11.6. The Morgan fingerprint density at radius 2 is 2.21 bits per heavy atom. The number of anilines is 1. The molecule has 0 radical (unpaired) electrons. The van der Waals surface area contributed by atoms with Gasteiger partial charge in [-0.15, -0.1) is 6.58 Å². The number of benzene rings is 1. The van der Waals surface area contributed by atoms with Crippen molar-refractivity contribution in [1.82, 2.24) is 5.32 Å². The molecule has 7 heteroatoms. The summed E-state index contributed by atoms with van der Waals surface area (Å²) in [5.41, 5.74) is 0.497. The van der Waals surface area contributed by atoms with Crippen molar-refractivity contribution in [2.45, 2.75) is 12.5 Å². The van der Waals surface area contributed by atoms with Crippen molar-refractivity contribution in [2.24, 2.45) is 0 Å². The fraction of sp³-hybridized carbons (Fsp3) is 0.167. The highest BCUT2D eigenvalue weighted by Crippen LogP contribution is 2.25. The van der Waals surface area contributed by atoms with Crippen molar-refractivity contribution in [3.63, 3.8) is 0 Å². The van der Waals surface area contributed by atoms with E-state index in [0.717, 1.165) is 0 Å². The summed E-state index contributed by atoms with van der Waals surface area (Å²) in [6, 6.07) is 3.22. The Kier molecular flexibility index (Phi) is 5.85. The summed E-state index contributed by atoms with van der Waals surface area (Å²) >= 11 is 9.04. The maximum atomic E-state index is 11.6. The first kappa shape index (κ1) is 15.5. The smallest absolute Gasteiger partial charge is 0.326 e. The molecule has 1 aromatic carbocycles. The number of aliphatic carboxylic acids is 1. The average Bonchev–Trinajstić information content (AvgIpc) is 2.33. The summed E-state index contributed by atoms with van der Waals surface area (Å²) in [5.74, 6) is -1.12. The number of rotatable bonds is 5. The highest BCUT2D eigenvalue weighted by Gasteiger charge is 2.18. The summed E-state index contributed by atoms with van der Waals surface area (Å²) in [7, 11) is 0. The van der Waals surface area contributed by atoms with Crippen LogP contribution < -0.4 is 10.6 Å². The van der Waals surface area contributed by atoms with Gasteiger partial charge in [-0.25, -0.2) is 9.59 Å². The molecule has 1 rings (SSSR count). The molecule has 1 atom stereocenters. The maximum Gasteiger partial charge on any atom is 0.326 e. The van der Waals surface area contributed by atoms with Gasteiger partial charge in [0.1, 0.15) is 6.04 Å². The third-order valence-electron chi connectivity index (χ3n) is 2.18. The molecular weight excluding hydrogens is 336 g/mol. The predicted molar refractivity (Wildman–Crippen MR) is 77.5 cm³/mol. The van der Waals surface area contributed by atoms with E-state index in [2.05, 4.69) is 33.1 Å². The molecule has 0 aliphatic heterocycles. The molecule has 0 bridgehead atoms. The van der Waals surface area contributed by atoms with Crippen molar-refractivity contribution in [1.29, 1.82) is 0 Å². The Balaban J connectivity index is 2.65.